The molecule has 1 aliphatic rings. The van der Waals surface area contributed by atoms with E-state index in [1.54, 1.807) is 36.4 Å². The fraction of sp³-hybridized carbons (Fsp3) is 0.240. The zero-order valence-electron chi connectivity index (χ0n) is 17.0. The van der Waals surface area contributed by atoms with Gasteiger partial charge in [-0.15, -0.1) is 0 Å². The molecule has 4 rings (SSSR count). The van der Waals surface area contributed by atoms with Gasteiger partial charge < -0.3 is 4.90 Å². The van der Waals surface area contributed by atoms with Crippen LogP contribution in [0.1, 0.15) is 34.5 Å². The number of hydrogen-bond donors (Lipinski definition) is 0. The average Bonchev–Trinajstić information content (AvgIpc) is 2.81. The molecule has 3 aromatic rings. The van der Waals surface area contributed by atoms with E-state index in [9.17, 15) is 9.59 Å². The molecule has 30 heavy (non-hydrogen) atoms. The van der Waals surface area contributed by atoms with Gasteiger partial charge in [0.1, 0.15) is 5.78 Å². The molecule has 1 saturated heterocycles. The number of rotatable bonds is 5. The standard InChI is InChI=1S/C25H25N3O2/c1-19(29)23-18-27(25(30)22-13-8-14-26-17-22)15-16-28(23)24(20-9-4-2-5-10-20)21-11-6-3-7-12-21/h2-14,17,23-24H,15-16,18H2,1H3. The molecule has 1 unspecified atom stereocenters. The summed E-state index contributed by atoms with van der Waals surface area (Å²) in [6.45, 7) is 3.17. The number of ketones is 1. The van der Waals surface area contributed by atoms with E-state index in [1.165, 1.54) is 0 Å². The van der Waals surface area contributed by atoms with Crippen molar-refractivity contribution in [2.75, 3.05) is 19.6 Å². The number of piperazine rings is 1. The van der Waals surface area contributed by atoms with E-state index in [0.29, 0.717) is 25.2 Å². The Labute approximate surface area is 177 Å². The summed E-state index contributed by atoms with van der Waals surface area (Å²) in [7, 11) is 0. The van der Waals surface area contributed by atoms with E-state index in [-0.39, 0.29) is 23.8 Å². The Morgan fingerprint density at radius 2 is 1.53 bits per heavy atom. The lowest BCUT2D eigenvalue weighted by Gasteiger charge is -2.44. The number of aromatic nitrogens is 1. The van der Waals surface area contributed by atoms with Crippen LogP contribution in [-0.4, -0.2) is 52.2 Å². The molecule has 5 nitrogen and oxygen atoms in total. The number of hydrogen-bond acceptors (Lipinski definition) is 4. The van der Waals surface area contributed by atoms with Gasteiger partial charge >= 0.3 is 0 Å². The minimum absolute atomic E-state index is 0.0445. The fourth-order valence-electron chi connectivity index (χ4n) is 4.17. The van der Waals surface area contributed by atoms with Crippen LogP contribution in [0.5, 0.6) is 0 Å². The molecule has 5 heteroatoms. The normalized spacial score (nSPS) is 17.1. The quantitative estimate of drug-likeness (QED) is 0.658. The molecule has 0 radical (unpaired) electrons. The van der Waals surface area contributed by atoms with Gasteiger partial charge in [0, 0.05) is 32.0 Å². The van der Waals surface area contributed by atoms with Crippen molar-refractivity contribution in [3.8, 4) is 0 Å². The van der Waals surface area contributed by atoms with Crippen LogP contribution in [0.25, 0.3) is 0 Å². The average molecular weight is 399 g/mol. The first-order valence-electron chi connectivity index (χ1n) is 10.2. The molecule has 0 bridgehead atoms. The van der Waals surface area contributed by atoms with E-state index in [2.05, 4.69) is 34.1 Å². The molecule has 152 valence electrons. The lowest BCUT2D eigenvalue weighted by molar-refractivity contribution is -0.124. The molecule has 2 heterocycles. The maximum atomic E-state index is 12.9. The van der Waals surface area contributed by atoms with Crippen molar-refractivity contribution in [3.63, 3.8) is 0 Å². The number of Topliss-reactive ketones (excluding diaryl/α,β-unsaturated/α-hetero) is 1. The van der Waals surface area contributed by atoms with Gasteiger partial charge in [-0.1, -0.05) is 60.7 Å². The van der Waals surface area contributed by atoms with Crippen LogP contribution in [0.3, 0.4) is 0 Å². The van der Waals surface area contributed by atoms with Crippen molar-refractivity contribution in [1.29, 1.82) is 0 Å². The van der Waals surface area contributed by atoms with Crippen LogP contribution in [0.2, 0.25) is 0 Å². The minimum Gasteiger partial charge on any atom is -0.335 e. The van der Waals surface area contributed by atoms with Gasteiger partial charge in [-0.2, -0.15) is 0 Å². The summed E-state index contributed by atoms with van der Waals surface area (Å²) in [6, 6.07) is 23.6. The van der Waals surface area contributed by atoms with Crippen molar-refractivity contribution in [2.24, 2.45) is 0 Å². The third-order valence-electron chi connectivity index (χ3n) is 5.65. The van der Waals surface area contributed by atoms with Gasteiger partial charge in [-0.05, 0) is 30.2 Å². The third kappa shape index (κ3) is 4.16. The predicted molar refractivity (Wildman–Crippen MR) is 116 cm³/mol. The molecule has 1 atom stereocenters. The van der Waals surface area contributed by atoms with E-state index < -0.39 is 0 Å². The molecule has 1 aromatic heterocycles. The van der Waals surface area contributed by atoms with Crippen LogP contribution < -0.4 is 0 Å². The van der Waals surface area contributed by atoms with Crippen molar-refractivity contribution >= 4 is 11.7 Å². The molecule has 1 amide bonds. The molecule has 0 spiro atoms. The second kappa shape index (κ2) is 9.01. The molecular weight excluding hydrogens is 374 g/mol. The topological polar surface area (TPSA) is 53.5 Å². The monoisotopic (exact) mass is 399 g/mol. The third-order valence-corrected chi connectivity index (χ3v) is 5.65. The molecular formula is C25H25N3O2. The van der Waals surface area contributed by atoms with E-state index in [0.717, 1.165) is 11.1 Å². The van der Waals surface area contributed by atoms with E-state index in [4.69, 9.17) is 0 Å². The van der Waals surface area contributed by atoms with Gasteiger partial charge in [-0.3, -0.25) is 19.5 Å². The molecule has 0 saturated carbocycles. The Kier molecular flexibility index (Phi) is 6.00. The Morgan fingerprint density at radius 3 is 2.07 bits per heavy atom. The molecule has 1 aliphatic heterocycles. The van der Waals surface area contributed by atoms with Gasteiger partial charge in [0.15, 0.2) is 0 Å². The highest BCUT2D eigenvalue weighted by Gasteiger charge is 2.37. The van der Waals surface area contributed by atoms with Crippen molar-refractivity contribution in [3.05, 3.63) is 102 Å². The first-order valence-corrected chi connectivity index (χ1v) is 10.2. The van der Waals surface area contributed by atoms with Gasteiger partial charge in [0.2, 0.25) is 0 Å². The zero-order chi connectivity index (χ0) is 20.9. The van der Waals surface area contributed by atoms with Gasteiger partial charge in [-0.25, -0.2) is 0 Å². The summed E-state index contributed by atoms with van der Waals surface area (Å²) in [5, 5.41) is 0. The van der Waals surface area contributed by atoms with Crippen molar-refractivity contribution in [1.82, 2.24) is 14.8 Å². The summed E-state index contributed by atoms with van der Waals surface area (Å²) >= 11 is 0. The lowest BCUT2D eigenvalue weighted by Crippen LogP contribution is -2.58. The number of nitrogens with zero attached hydrogens (tertiary/aromatic N) is 3. The smallest absolute Gasteiger partial charge is 0.255 e. The van der Waals surface area contributed by atoms with Crippen LogP contribution in [0, 0.1) is 0 Å². The summed E-state index contributed by atoms with van der Waals surface area (Å²) in [5.74, 6) is -0.0134. The zero-order valence-corrected chi connectivity index (χ0v) is 17.0. The summed E-state index contributed by atoms with van der Waals surface area (Å²) in [6.07, 6.45) is 3.23. The van der Waals surface area contributed by atoms with Crippen LogP contribution in [0.4, 0.5) is 0 Å². The Balaban J connectivity index is 1.65. The number of carbonyl (C=O) groups is 2. The van der Waals surface area contributed by atoms with Crippen molar-refractivity contribution in [2.45, 2.75) is 19.0 Å². The highest BCUT2D eigenvalue weighted by molar-refractivity contribution is 5.94. The van der Waals surface area contributed by atoms with E-state index in [1.807, 2.05) is 36.4 Å². The second-order valence-electron chi connectivity index (χ2n) is 7.58. The van der Waals surface area contributed by atoms with Gasteiger partial charge in [0.05, 0.1) is 17.6 Å². The SMILES string of the molecule is CC(=O)C1CN(C(=O)c2cccnc2)CCN1C(c1ccccc1)c1ccccc1. The molecule has 2 aromatic carbocycles. The number of pyridine rings is 1. The maximum Gasteiger partial charge on any atom is 0.255 e. The molecule has 0 N–H and O–H groups in total. The molecule has 0 aliphatic carbocycles. The minimum atomic E-state index is -0.371. The Bertz CT molecular complexity index is 953. The number of amides is 1. The first-order chi connectivity index (χ1) is 14.6. The fourth-order valence-corrected chi connectivity index (χ4v) is 4.17. The van der Waals surface area contributed by atoms with Crippen LogP contribution in [-0.2, 0) is 4.79 Å². The predicted octanol–water partition coefficient (Wildman–Crippen LogP) is 3.59. The van der Waals surface area contributed by atoms with Gasteiger partial charge in [0.25, 0.3) is 5.91 Å². The largest absolute Gasteiger partial charge is 0.335 e. The summed E-state index contributed by atoms with van der Waals surface area (Å²) in [4.78, 5) is 33.7. The lowest BCUT2D eigenvalue weighted by atomic mass is 9.93. The van der Waals surface area contributed by atoms with E-state index >= 15 is 0 Å². The molecule has 1 fully saturated rings. The second-order valence-corrected chi connectivity index (χ2v) is 7.58. The Hall–Kier alpha value is -3.31. The first kappa shape index (κ1) is 20.0. The summed E-state index contributed by atoms with van der Waals surface area (Å²) < 4.78 is 0. The number of carbonyl (C=O) groups excluding carboxylic acids is 2. The highest BCUT2D eigenvalue weighted by Crippen LogP contribution is 2.32. The summed E-state index contributed by atoms with van der Waals surface area (Å²) in [5.41, 5.74) is 2.83. The van der Waals surface area contributed by atoms with Crippen LogP contribution >= 0.6 is 0 Å². The van der Waals surface area contributed by atoms with Crippen molar-refractivity contribution < 1.29 is 9.59 Å². The number of benzene rings is 2. The van der Waals surface area contributed by atoms with Crippen LogP contribution in [0.15, 0.2) is 85.2 Å². The maximum absolute atomic E-state index is 12.9. The highest BCUT2D eigenvalue weighted by atomic mass is 16.2. The Morgan fingerprint density at radius 1 is 0.900 bits per heavy atom.